The number of pyridine rings is 3. The Labute approximate surface area is 201 Å². The quantitative estimate of drug-likeness (QED) is 0.368. The Balaban J connectivity index is 1.65. The van der Waals surface area contributed by atoms with Crippen LogP contribution in [-0.2, 0) is 10.9 Å². The highest BCUT2D eigenvalue weighted by molar-refractivity contribution is 6.29. The molecule has 0 unspecified atom stereocenters. The van der Waals surface area contributed by atoms with Gasteiger partial charge in [0.25, 0.3) is 0 Å². The molecule has 4 aromatic heterocycles. The summed E-state index contributed by atoms with van der Waals surface area (Å²) in [6, 6.07) is 3.19. The number of urea groups is 1. The summed E-state index contributed by atoms with van der Waals surface area (Å²) in [4.78, 5) is 28.9. The van der Waals surface area contributed by atoms with Gasteiger partial charge in [0.2, 0.25) is 0 Å². The van der Waals surface area contributed by atoms with Gasteiger partial charge in [-0.15, -0.1) is 0 Å². The fourth-order valence-corrected chi connectivity index (χ4v) is 3.49. The summed E-state index contributed by atoms with van der Waals surface area (Å²) < 4.78 is 47.4. The number of carbonyl (C=O) groups is 1. The predicted molar refractivity (Wildman–Crippen MR) is 122 cm³/mol. The molecule has 1 atom stereocenters. The van der Waals surface area contributed by atoms with Gasteiger partial charge in [-0.2, -0.15) is 18.3 Å². The van der Waals surface area contributed by atoms with Crippen molar-refractivity contribution in [3.63, 3.8) is 0 Å². The lowest BCUT2D eigenvalue weighted by molar-refractivity contribution is -0.137. The van der Waals surface area contributed by atoms with Crippen LogP contribution in [0.25, 0.3) is 16.9 Å². The largest absolute Gasteiger partial charge is 0.420 e. The molecule has 0 bridgehead atoms. The summed E-state index contributed by atoms with van der Waals surface area (Å²) in [5, 5.41) is 9.04. The van der Waals surface area contributed by atoms with Crippen LogP contribution in [0, 0.1) is 6.92 Å². The number of anilines is 2. The number of fused-ring (bicyclic) bond motifs is 1. The summed E-state index contributed by atoms with van der Waals surface area (Å²) in [5.41, 5.74) is 0.404. The van der Waals surface area contributed by atoms with Crippen LogP contribution in [0.15, 0.2) is 36.9 Å². The minimum atomic E-state index is -4.76. The molecule has 0 radical (unpaired) electrons. The van der Waals surface area contributed by atoms with Crippen LogP contribution in [0.5, 0.6) is 0 Å². The Morgan fingerprint density at radius 1 is 1.17 bits per heavy atom. The van der Waals surface area contributed by atoms with E-state index in [0.29, 0.717) is 16.6 Å². The van der Waals surface area contributed by atoms with Crippen LogP contribution in [0.2, 0.25) is 5.15 Å². The molecule has 14 heteroatoms. The topological polar surface area (TPSA) is 120 Å². The maximum absolute atomic E-state index is 13.7. The van der Waals surface area contributed by atoms with E-state index in [1.54, 1.807) is 19.1 Å². The summed E-state index contributed by atoms with van der Waals surface area (Å²) in [5.74, 6) is -0.190. The molecule has 0 spiro atoms. The van der Waals surface area contributed by atoms with Gasteiger partial charge in [-0.25, -0.2) is 24.4 Å². The number of hydrogen-bond acceptors (Lipinski definition) is 7. The lowest BCUT2D eigenvalue weighted by Crippen LogP contribution is -2.22. The fourth-order valence-electron chi connectivity index (χ4n) is 3.34. The second kappa shape index (κ2) is 9.43. The number of aryl methyl sites for hydroxylation is 1. The number of ether oxygens (including phenoxy) is 1. The number of nitrogens with zero attached hydrogens (tertiary/aromatic N) is 6. The smallest absolute Gasteiger partial charge is 0.377 e. The molecular formula is C21H18ClF3N8O2. The SMILES string of the molecule is CO[C@@H](C)c1c(NC(=O)Nc2cnc(-n3cnc(C)n3)c(C(F)(F)F)c2)cnc2ccc(Cl)nc12. The van der Waals surface area contributed by atoms with Crippen molar-refractivity contribution in [3.05, 3.63) is 59.0 Å². The molecule has 0 aliphatic carbocycles. The summed E-state index contributed by atoms with van der Waals surface area (Å²) in [6.07, 6.45) is -1.66. The van der Waals surface area contributed by atoms with Gasteiger partial charge in [0.05, 0.1) is 40.9 Å². The molecule has 0 saturated carbocycles. The third-order valence-electron chi connectivity index (χ3n) is 4.98. The monoisotopic (exact) mass is 506 g/mol. The molecule has 10 nitrogen and oxygen atoms in total. The van der Waals surface area contributed by atoms with E-state index >= 15 is 0 Å². The van der Waals surface area contributed by atoms with Crippen molar-refractivity contribution in [1.29, 1.82) is 0 Å². The highest BCUT2D eigenvalue weighted by Crippen LogP contribution is 2.35. The van der Waals surface area contributed by atoms with E-state index in [2.05, 4.69) is 35.7 Å². The van der Waals surface area contributed by atoms with E-state index < -0.39 is 29.7 Å². The molecule has 0 aliphatic rings. The van der Waals surface area contributed by atoms with Crippen molar-refractivity contribution < 1.29 is 22.7 Å². The molecule has 4 heterocycles. The minimum Gasteiger partial charge on any atom is -0.377 e. The standard InChI is InChI=1S/C21H18ClF3N8O2/c1-10(35-3)17-15(8-26-14-4-5-16(22)31-18(14)17)30-20(34)29-12-6-13(21(23,24)25)19(27-7-12)33-9-28-11(2)32-33/h4-10H,1-3H3,(H2,29,30,34)/t10-/m0/s1. The molecule has 4 rings (SSSR count). The van der Waals surface area contributed by atoms with Crippen LogP contribution >= 0.6 is 11.6 Å². The average Bonchev–Trinajstić information content (AvgIpc) is 3.23. The van der Waals surface area contributed by atoms with Crippen molar-refractivity contribution in [2.24, 2.45) is 0 Å². The van der Waals surface area contributed by atoms with Gasteiger partial charge in [0.15, 0.2) is 5.82 Å². The Hall–Kier alpha value is -3.84. The predicted octanol–water partition coefficient (Wildman–Crippen LogP) is 4.94. The van der Waals surface area contributed by atoms with E-state index in [4.69, 9.17) is 16.3 Å². The third kappa shape index (κ3) is 5.15. The second-order valence-electron chi connectivity index (χ2n) is 7.37. The van der Waals surface area contributed by atoms with E-state index in [1.165, 1.54) is 20.2 Å². The lowest BCUT2D eigenvalue weighted by Gasteiger charge is -2.18. The number of rotatable bonds is 5. The van der Waals surface area contributed by atoms with Crippen LogP contribution < -0.4 is 10.6 Å². The second-order valence-corrected chi connectivity index (χ2v) is 7.76. The lowest BCUT2D eigenvalue weighted by atomic mass is 10.1. The first kappa shape index (κ1) is 24.3. The van der Waals surface area contributed by atoms with Gasteiger partial charge < -0.3 is 15.4 Å². The zero-order valence-corrected chi connectivity index (χ0v) is 19.3. The van der Waals surface area contributed by atoms with Crippen LogP contribution in [-0.4, -0.2) is 42.9 Å². The molecule has 35 heavy (non-hydrogen) atoms. The molecule has 182 valence electrons. The zero-order valence-electron chi connectivity index (χ0n) is 18.6. The first-order valence-electron chi connectivity index (χ1n) is 10.1. The van der Waals surface area contributed by atoms with E-state index in [0.717, 1.165) is 23.3 Å². The Kier molecular flexibility index (Phi) is 6.54. The van der Waals surface area contributed by atoms with E-state index in [1.807, 2.05) is 0 Å². The number of hydrogen-bond donors (Lipinski definition) is 2. The number of nitrogens with one attached hydrogen (secondary N) is 2. The van der Waals surface area contributed by atoms with Crippen LogP contribution in [0.1, 0.15) is 30.0 Å². The Bertz CT molecular complexity index is 1410. The molecule has 0 saturated heterocycles. The van der Waals surface area contributed by atoms with E-state index in [9.17, 15) is 18.0 Å². The highest BCUT2D eigenvalue weighted by atomic mass is 35.5. The number of alkyl halides is 3. The van der Waals surface area contributed by atoms with E-state index in [-0.39, 0.29) is 22.4 Å². The fraction of sp³-hybridized carbons (Fsp3) is 0.238. The molecule has 4 aromatic rings. The van der Waals surface area contributed by atoms with Crippen LogP contribution in [0.4, 0.5) is 29.3 Å². The number of methoxy groups -OCH3 is 1. The number of amides is 2. The van der Waals surface area contributed by atoms with Crippen molar-refractivity contribution in [2.45, 2.75) is 26.1 Å². The zero-order chi connectivity index (χ0) is 25.3. The van der Waals surface area contributed by atoms with Gasteiger partial charge in [-0.05, 0) is 32.0 Å². The molecule has 0 aliphatic heterocycles. The van der Waals surface area contributed by atoms with Gasteiger partial charge >= 0.3 is 12.2 Å². The first-order chi connectivity index (χ1) is 16.6. The maximum Gasteiger partial charge on any atom is 0.420 e. The number of aromatic nitrogens is 6. The summed E-state index contributed by atoms with van der Waals surface area (Å²) in [6.45, 7) is 3.28. The Morgan fingerprint density at radius 3 is 2.60 bits per heavy atom. The first-order valence-corrected chi connectivity index (χ1v) is 10.5. The van der Waals surface area contributed by atoms with Gasteiger partial charge in [0.1, 0.15) is 22.9 Å². The third-order valence-corrected chi connectivity index (χ3v) is 5.19. The maximum atomic E-state index is 13.7. The normalized spacial score (nSPS) is 12.5. The van der Waals surface area contributed by atoms with Crippen LogP contribution in [0.3, 0.4) is 0 Å². The molecular weight excluding hydrogens is 489 g/mol. The van der Waals surface area contributed by atoms with Gasteiger partial charge in [0, 0.05) is 12.7 Å². The van der Waals surface area contributed by atoms with Gasteiger partial charge in [-0.1, -0.05) is 11.6 Å². The molecule has 0 fully saturated rings. The van der Waals surface area contributed by atoms with Crippen molar-refractivity contribution in [3.8, 4) is 5.82 Å². The van der Waals surface area contributed by atoms with Crippen molar-refractivity contribution in [2.75, 3.05) is 17.7 Å². The van der Waals surface area contributed by atoms with Crippen molar-refractivity contribution in [1.82, 2.24) is 29.7 Å². The number of halogens is 4. The average molecular weight is 507 g/mol. The number of carbonyl (C=O) groups excluding carboxylic acids is 1. The molecule has 2 N–H and O–H groups in total. The van der Waals surface area contributed by atoms with Crippen molar-refractivity contribution >= 4 is 40.0 Å². The highest BCUT2D eigenvalue weighted by Gasteiger charge is 2.36. The Morgan fingerprint density at radius 2 is 1.94 bits per heavy atom. The molecule has 0 aromatic carbocycles. The summed E-state index contributed by atoms with van der Waals surface area (Å²) in [7, 11) is 1.48. The van der Waals surface area contributed by atoms with Gasteiger partial charge in [-0.3, -0.25) is 4.98 Å². The summed E-state index contributed by atoms with van der Waals surface area (Å²) >= 11 is 6.03. The molecule has 2 amide bonds. The minimum absolute atomic E-state index is 0.188.